The van der Waals surface area contributed by atoms with E-state index in [-0.39, 0.29) is 5.96 Å². The number of carbonyl (C=O) groups is 1. The van der Waals surface area contributed by atoms with Crippen molar-refractivity contribution in [3.8, 4) is 22.8 Å². The Bertz CT molecular complexity index is 1080. The molecular formula is C21H22N4O3. The molecule has 0 spiro atoms. The Morgan fingerprint density at radius 2 is 1.79 bits per heavy atom. The van der Waals surface area contributed by atoms with Gasteiger partial charge in [-0.1, -0.05) is 24.3 Å². The molecule has 28 heavy (non-hydrogen) atoms. The van der Waals surface area contributed by atoms with Crippen molar-refractivity contribution in [2.24, 2.45) is 10.7 Å². The largest absolute Gasteiger partial charge is 0.496 e. The van der Waals surface area contributed by atoms with Crippen molar-refractivity contribution >= 4 is 29.0 Å². The number of guanidine groups is 1. The number of pyridine rings is 1. The lowest BCUT2D eigenvalue weighted by atomic mass is 9.98. The van der Waals surface area contributed by atoms with Gasteiger partial charge < -0.3 is 15.2 Å². The Balaban J connectivity index is 2.48. The van der Waals surface area contributed by atoms with E-state index in [2.05, 4.69) is 10.3 Å². The smallest absolute Gasteiger partial charge is 0.213 e. The molecule has 3 rings (SSSR count). The minimum absolute atomic E-state index is 0.0220. The molecule has 0 fully saturated rings. The Morgan fingerprint density at radius 3 is 2.43 bits per heavy atom. The third-order valence-corrected chi connectivity index (χ3v) is 4.55. The number of hydrogen-bond donors (Lipinski definition) is 2. The molecule has 0 saturated heterocycles. The molecule has 0 saturated carbocycles. The van der Waals surface area contributed by atoms with Gasteiger partial charge in [0.05, 0.1) is 31.0 Å². The van der Waals surface area contributed by atoms with Crippen LogP contribution in [0.3, 0.4) is 0 Å². The Morgan fingerprint density at radius 1 is 1.11 bits per heavy atom. The average Bonchev–Trinajstić information content (AvgIpc) is 2.69. The molecule has 7 nitrogen and oxygen atoms in total. The number of ether oxygens (including phenoxy) is 2. The number of aliphatic imine (C=N–C) groups is 1. The second kappa shape index (κ2) is 7.96. The summed E-state index contributed by atoms with van der Waals surface area (Å²) in [5.41, 5.74) is 10.7. The lowest BCUT2D eigenvalue weighted by Crippen LogP contribution is -2.29. The van der Waals surface area contributed by atoms with E-state index in [1.807, 2.05) is 38.1 Å². The second-order valence-electron chi connectivity index (χ2n) is 6.20. The summed E-state index contributed by atoms with van der Waals surface area (Å²) in [5.74, 6) is 1.15. The highest BCUT2D eigenvalue weighted by Gasteiger charge is 2.20. The van der Waals surface area contributed by atoms with Crippen molar-refractivity contribution in [1.29, 1.82) is 0 Å². The number of hydrogen-bond acceptors (Lipinski definition) is 5. The number of rotatable bonds is 5. The van der Waals surface area contributed by atoms with Gasteiger partial charge in [0.25, 0.3) is 0 Å². The number of aromatic nitrogens is 1. The maximum Gasteiger partial charge on any atom is 0.213 e. The van der Waals surface area contributed by atoms with E-state index in [0.29, 0.717) is 34.5 Å². The molecule has 0 aliphatic heterocycles. The van der Waals surface area contributed by atoms with Crippen LogP contribution in [0.5, 0.6) is 11.5 Å². The van der Waals surface area contributed by atoms with Crippen LogP contribution in [0.15, 0.2) is 41.4 Å². The highest BCUT2D eigenvalue weighted by Crippen LogP contribution is 2.43. The van der Waals surface area contributed by atoms with Crippen molar-refractivity contribution < 1.29 is 14.3 Å². The summed E-state index contributed by atoms with van der Waals surface area (Å²) in [6, 6.07) is 11.5. The van der Waals surface area contributed by atoms with E-state index in [1.165, 1.54) is 0 Å². The van der Waals surface area contributed by atoms with Gasteiger partial charge in [-0.25, -0.2) is 9.98 Å². The molecule has 7 heteroatoms. The van der Waals surface area contributed by atoms with Crippen molar-refractivity contribution in [3.63, 3.8) is 0 Å². The number of carbonyl (C=O) groups excluding carboxylic acids is 1. The number of amides is 1. The average molecular weight is 378 g/mol. The molecule has 1 heterocycles. The first-order chi connectivity index (χ1) is 13.5. The van der Waals surface area contributed by atoms with Crippen LogP contribution in [0.2, 0.25) is 0 Å². The summed E-state index contributed by atoms with van der Waals surface area (Å²) in [4.78, 5) is 20.1. The maximum atomic E-state index is 10.8. The van der Waals surface area contributed by atoms with E-state index in [9.17, 15) is 4.79 Å². The van der Waals surface area contributed by atoms with E-state index in [4.69, 9.17) is 20.2 Å². The van der Waals surface area contributed by atoms with Crippen LogP contribution in [0.1, 0.15) is 11.1 Å². The topological polar surface area (TPSA) is 98.8 Å². The highest BCUT2D eigenvalue weighted by molar-refractivity contribution is 6.04. The normalized spacial score (nSPS) is 11.4. The Labute approximate surface area is 163 Å². The van der Waals surface area contributed by atoms with Crippen molar-refractivity contribution in [3.05, 3.63) is 47.5 Å². The lowest BCUT2D eigenvalue weighted by molar-refractivity contribution is -0.108. The van der Waals surface area contributed by atoms with Gasteiger partial charge in [-0.05, 0) is 31.5 Å². The second-order valence-corrected chi connectivity index (χ2v) is 6.20. The minimum atomic E-state index is -0.0220. The first-order valence-corrected chi connectivity index (χ1v) is 8.67. The first kappa shape index (κ1) is 19.2. The number of nitrogens with two attached hydrogens (primary N) is 1. The molecule has 0 atom stereocenters. The fourth-order valence-electron chi connectivity index (χ4n) is 3.18. The monoisotopic (exact) mass is 378 g/mol. The number of methoxy groups -OCH3 is 2. The van der Waals surface area contributed by atoms with Gasteiger partial charge in [0.2, 0.25) is 6.41 Å². The maximum absolute atomic E-state index is 10.8. The van der Waals surface area contributed by atoms with E-state index >= 15 is 0 Å². The predicted octanol–water partition coefficient (Wildman–Crippen LogP) is 3.23. The molecule has 0 radical (unpaired) electrons. The first-order valence-electron chi connectivity index (χ1n) is 8.67. The molecular weight excluding hydrogens is 356 g/mol. The van der Waals surface area contributed by atoms with E-state index < -0.39 is 0 Å². The van der Waals surface area contributed by atoms with Crippen LogP contribution < -0.4 is 20.5 Å². The van der Waals surface area contributed by atoms with E-state index in [1.54, 1.807) is 26.4 Å². The standard InChI is InChI=1S/C21H22N4O3/c1-12-7-5-6-8-14(12)18-13(2)19(25-21(22)23-11-26)17-15(27-3)9-10-16(28-4)20(17)24-18/h5-11H,1-4H3,(H3,22,23,24,25,26). The summed E-state index contributed by atoms with van der Waals surface area (Å²) in [7, 11) is 3.16. The third-order valence-electron chi connectivity index (χ3n) is 4.55. The van der Waals surface area contributed by atoms with Gasteiger partial charge >= 0.3 is 0 Å². The zero-order chi connectivity index (χ0) is 20.3. The van der Waals surface area contributed by atoms with Crippen molar-refractivity contribution in [1.82, 2.24) is 10.3 Å². The number of aryl methyl sites for hydroxylation is 1. The molecule has 1 aromatic heterocycles. The van der Waals surface area contributed by atoms with Gasteiger partial charge in [-0.15, -0.1) is 0 Å². The summed E-state index contributed by atoms with van der Waals surface area (Å²) in [5, 5.41) is 3.04. The van der Waals surface area contributed by atoms with Gasteiger partial charge in [-0.2, -0.15) is 0 Å². The lowest BCUT2D eigenvalue weighted by Gasteiger charge is -2.17. The summed E-state index contributed by atoms with van der Waals surface area (Å²) < 4.78 is 11.1. The van der Waals surface area contributed by atoms with Crippen LogP contribution in [0, 0.1) is 13.8 Å². The van der Waals surface area contributed by atoms with Crippen LogP contribution in [0.25, 0.3) is 22.2 Å². The van der Waals surface area contributed by atoms with Crippen molar-refractivity contribution in [2.75, 3.05) is 14.2 Å². The summed E-state index contributed by atoms with van der Waals surface area (Å²) in [6.45, 7) is 3.94. The van der Waals surface area contributed by atoms with Crippen molar-refractivity contribution in [2.45, 2.75) is 13.8 Å². The molecule has 0 aliphatic rings. The fraction of sp³-hybridized carbons (Fsp3) is 0.190. The number of fused-ring (bicyclic) bond motifs is 1. The fourth-order valence-corrected chi connectivity index (χ4v) is 3.18. The molecule has 1 amide bonds. The summed E-state index contributed by atoms with van der Waals surface area (Å²) in [6.07, 6.45) is 0.484. The third kappa shape index (κ3) is 3.34. The van der Waals surface area contributed by atoms with Crippen LogP contribution in [-0.4, -0.2) is 31.6 Å². The van der Waals surface area contributed by atoms with Gasteiger partial charge in [0, 0.05) is 11.1 Å². The van der Waals surface area contributed by atoms with Crippen LogP contribution in [0.4, 0.5) is 5.69 Å². The number of benzene rings is 2. The van der Waals surface area contributed by atoms with Crippen LogP contribution >= 0.6 is 0 Å². The molecule has 0 unspecified atom stereocenters. The molecule has 2 aromatic carbocycles. The minimum Gasteiger partial charge on any atom is -0.496 e. The molecule has 3 N–H and O–H groups in total. The zero-order valence-electron chi connectivity index (χ0n) is 16.2. The molecule has 3 aromatic rings. The summed E-state index contributed by atoms with van der Waals surface area (Å²) >= 11 is 0. The van der Waals surface area contributed by atoms with Crippen LogP contribution in [-0.2, 0) is 4.79 Å². The van der Waals surface area contributed by atoms with Gasteiger partial charge in [0.15, 0.2) is 5.96 Å². The Hall–Kier alpha value is -3.61. The van der Waals surface area contributed by atoms with Gasteiger partial charge in [-0.3, -0.25) is 10.1 Å². The molecule has 0 bridgehead atoms. The SMILES string of the molecule is COc1ccc(OC)c2c(N=C(N)NC=O)c(C)c(-c3ccccc3C)nc12. The quantitative estimate of drug-likeness (QED) is 0.403. The Kier molecular flexibility index (Phi) is 5.44. The van der Waals surface area contributed by atoms with E-state index in [0.717, 1.165) is 22.4 Å². The predicted molar refractivity (Wildman–Crippen MR) is 110 cm³/mol. The highest BCUT2D eigenvalue weighted by atomic mass is 16.5. The molecule has 0 aliphatic carbocycles. The number of nitrogens with one attached hydrogen (secondary N) is 1. The molecule has 144 valence electrons. The van der Waals surface area contributed by atoms with Gasteiger partial charge in [0.1, 0.15) is 17.0 Å². The number of nitrogens with zero attached hydrogens (tertiary/aromatic N) is 2. The zero-order valence-corrected chi connectivity index (χ0v) is 16.2.